The van der Waals surface area contributed by atoms with Gasteiger partial charge in [0.2, 0.25) is 17.7 Å². The van der Waals surface area contributed by atoms with Crippen molar-refractivity contribution in [1.82, 2.24) is 16.0 Å². The van der Waals surface area contributed by atoms with E-state index in [1.165, 1.54) is 6.92 Å². The van der Waals surface area contributed by atoms with E-state index in [4.69, 9.17) is 21.7 Å². The van der Waals surface area contributed by atoms with Crippen molar-refractivity contribution >= 4 is 23.7 Å². The molecule has 0 aliphatic heterocycles. The van der Waals surface area contributed by atoms with E-state index in [9.17, 15) is 24.3 Å². The Morgan fingerprint density at radius 1 is 1.04 bits per heavy atom. The molecule has 0 radical (unpaired) electrons. The third-order valence-electron chi connectivity index (χ3n) is 3.64. The predicted octanol–water partition coefficient (Wildman–Crippen LogP) is -4.01. The molecule has 3 amide bonds. The molecule has 0 aliphatic carbocycles. The third kappa shape index (κ3) is 9.84. The van der Waals surface area contributed by atoms with Gasteiger partial charge in [-0.15, -0.1) is 0 Å². The van der Waals surface area contributed by atoms with Crippen molar-refractivity contribution in [2.75, 3.05) is 19.7 Å². The van der Waals surface area contributed by atoms with Crippen molar-refractivity contribution in [3.63, 3.8) is 0 Å². The summed E-state index contributed by atoms with van der Waals surface area (Å²) in [5.41, 5.74) is 10.9. The molecule has 0 rings (SSSR count). The number of rotatable bonds is 13. The first-order chi connectivity index (χ1) is 12.6. The highest BCUT2D eigenvalue weighted by molar-refractivity contribution is 5.92. The number of hydrogen-bond acceptors (Lipinski definition) is 8. The standard InChI is InChI=1S/C15H29N5O7/c1-8(22)12(17)14(25)20-9(4-2-3-5-16)13(24)18-6-11(23)19-10(7-21)15(26)27/h8-10,12,21-22H,2-7,16-17H2,1H3,(H,18,24)(H,19,23)(H,20,25)(H,26,27). The van der Waals surface area contributed by atoms with Crippen LogP contribution in [0.5, 0.6) is 0 Å². The zero-order valence-corrected chi connectivity index (χ0v) is 15.2. The molecule has 0 aliphatic rings. The van der Waals surface area contributed by atoms with Crippen molar-refractivity contribution in [2.45, 2.75) is 50.4 Å². The quantitative estimate of drug-likeness (QED) is 0.143. The average molecular weight is 391 g/mol. The highest BCUT2D eigenvalue weighted by Crippen LogP contribution is 2.02. The lowest BCUT2D eigenvalue weighted by Gasteiger charge is -2.22. The zero-order valence-electron chi connectivity index (χ0n) is 15.2. The smallest absolute Gasteiger partial charge is 0.328 e. The second-order valence-corrected chi connectivity index (χ2v) is 5.97. The largest absolute Gasteiger partial charge is 0.480 e. The Hall–Kier alpha value is -2.28. The SMILES string of the molecule is CC(O)C(N)C(=O)NC(CCCCN)C(=O)NCC(=O)NC(CO)C(=O)O. The topological polar surface area (TPSA) is 217 Å². The van der Waals surface area contributed by atoms with Crippen LogP contribution in [-0.4, -0.2) is 82.9 Å². The number of amides is 3. The Morgan fingerprint density at radius 2 is 1.67 bits per heavy atom. The number of carboxylic acids is 1. The molecule has 10 N–H and O–H groups in total. The molecular formula is C15H29N5O7. The Kier molecular flexibility index (Phi) is 11.9. The molecule has 0 bridgehead atoms. The number of nitrogens with two attached hydrogens (primary N) is 2. The van der Waals surface area contributed by atoms with Gasteiger partial charge in [-0.3, -0.25) is 14.4 Å². The van der Waals surface area contributed by atoms with E-state index in [-0.39, 0.29) is 6.42 Å². The van der Waals surface area contributed by atoms with Crippen LogP contribution < -0.4 is 27.4 Å². The van der Waals surface area contributed by atoms with Crippen LogP contribution in [0.2, 0.25) is 0 Å². The van der Waals surface area contributed by atoms with E-state index < -0.39 is 61.1 Å². The molecule has 4 atom stereocenters. The summed E-state index contributed by atoms with van der Waals surface area (Å²) in [7, 11) is 0. The van der Waals surface area contributed by atoms with Gasteiger partial charge < -0.3 is 42.7 Å². The van der Waals surface area contributed by atoms with E-state index in [2.05, 4.69) is 10.6 Å². The van der Waals surface area contributed by atoms with Crippen LogP contribution in [-0.2, 0) is 19.2 Å². The first-order valence-electron chi connectivity index (χ1n) is 8.48. The molecule has 0 fully saturated rings. The maximum atomic E-state index is 12.3. The second-order valence-electron chi connectivity index (χ2n) is 5.97. The number of aliphatic hydroxyl groups is 2. The fraction of sp³-hybridized carbons (Fsp3) is 0.733. The summed E-state index contributed by atoms with van der Waals surface area (Å²) >= 11 is 0. The maximum absolute atomic E-state index is 12.3. The van der Waals surface area contributed by atoms with Gasteiger partial charge in [0.15, 0.2) is 0 Å². The summed E-state index contributed by atoms with van der Waals surface area (Å²) in [5, 5.41) is 33.7. The molecule has 0 spiro atoms. The molecule has 12 heteroatoms. The van der Waals surface area contributed by atoms with Gasteiger partial charge in [-0.25, -0.2) is 4.79 Å². The second kappa shape index (κ2) is 13.0. The van der Waals surface area contributed by atoms with E-state index in [1.54, 1.807) is 0 Å². The number of hydrogen-bond donors (Lipinski definition) is 8. The molecule has 0 saturated heterocycles. The molecule has 27 heavy (non-hydrogen) atoms. The lowest BCUT2D eigenvalue weighted by molar-refractivity contribution is -0.142. The summed E-state index contributed by atoms with van der Waals surface area (Å²) < 4.78 is 0. The van der Waals surface area contributed by atoms with Crippen molar-refractivity contribution in [3.8, 4) is 0 Å². The fourth-order valence-corrected chi connectivity index (χ4v) is 1.97. The minimum Gasteiger partial charge on any atom is -0.480 e. The fourth-order valence-electron chi connectivity index (χ4n) is 1.97. The normalized spacial score (nSPS) is 15.1. The summed E-state index contributed by atoms with van der Waals surface area (Å²) in [6.45, 7) is 0.381. The molecule has 0 aromatic rings. The predicted molar refractivity (Wildman–Crippen MR) is 94.2 cm³/mol. The third-order valence-corrected chi connectivity index (χ3v) is 3.64. The molecule has 12 nitrogen and oxygen atoms in total. The van der Waals surface area contributed by atoms with E-state index in [0.717, 1.165) is 0 Å². The number of carbonyl (C=O) groups is 4. The summed E-state index contributed by atoms with van der Waals surface area (Å²) in [6.07, 6.45) is 0.253. The van der Waals surface area contributed by atoms with E-state index in [0.29, 0.717) is 19.4 Å². The van der Waals surface area contributed by atoms with Gasteiger partial charge in [0, 0.05) is 0 Å². The van der Waals surface area contributed by atoms with Gasteiger partial charge in [0.25, 0.3) is 0 Å². The Morgan fingerprint density at radius 3 is 2.15 bits per heavy atom. The highest BCUT2D eigenvalue weighted by atomic mass is 16.4. The van der Waals surface area contributed by atoms with Crippen LogP contribution in [0.4, 0.5) is 0 Å². The summed E-state index contributed by atoms with van der Waals surface area (Å²) in [5.74, 6) is -3.65. The number of unbranched alkanes of at least 4 members (excludes halogenated alkanes) is 1. The number of aliphatic hydroxyl groups excluding tert-OH is 2. The summed E-state index contributed by atoms with van der Waals surface area (Å²) in [4.78, 5) is 46.6. The minimum atomic E-state index is -1.49. The van der Waals surface area contributed by atoms with Gasteiger partial charge in [-0.05, 0) is 32.7 Å². The van der Waals surface area contributed by atoms with Gasteiger partial charge in [0.05, 0.1) is 19.3 Å². The molecule has 0 saturated carbocycles. The van der Waals surface area contributed by atoms with Crippen LogP contribution in [0.1, 0.15) is 26.2 Å². The van der Waals surface area contributed by atoms with Crippen molar-refractivity contribution < 1.29 is 34.5 Å². The average Bonchev–Trinajstić information content (AvgIpc) is 2.62. The van der Waals surface area contributed by atoms with Gasteiger partial charge in [-0.1, -0.05) is 0 Å². The highest BCUT2D eigenvalue weighted by Gasteiger charge is 2.26. The van der Waals surface area contributed by atoms with Crippen molar-refractivity contribution in [3.05, 3.63) is 0 Å². The Balaban J connectivity index is 4.75. The van der Waals surface area contributed by atoms with E-state index >= 15 is 0 Å². The van der Waals surface area contributed by atoms with Crippen LogP contribution >= 0.6 is 0 Å². The number of nitrogens with one attached hydrogen (secondary N) is 3. The lowest BCUT2D eigenvalue weighted by atomic mass is 10.1. The molecule has 0 heterocycles. The maximum Gasteiger partial charge on any atom is 0.328 e. The molecule has 0 aromatic heterocycles. The van der Waals surface area contributed by atoms with Crippen LogP contribution in [0.15, 0.2) is 0 Å². The lowest BCUT2D eigenvalue weighted by Crippen LogP contribution is -2.55. The van der Waals surface area contributed by atoms with Crippen molar-refractivity contribution in [1.29, 1.82) is 0 Å². The molecular weight excluding hydrogens is 362 g/mol. The van der Waals surface area contributed by atoms with Crippen LogP contribution in [0.25, 0.3) is 0 Å². The van der Waals surface area contributed by atoms with Crippen LogP contribution in [0.3, 0.4) is 0 Å². The number of aliphatic carboxylic acids is 1. The number of carbonyl (C=O) groups excluding carboxylic acids is 3. The minimum absolute atomic E-state index is 0.233. The molecule has 0 aromatic carbocycles. The Labute approximate surface area is 156 Å². The first-order valence-corrected chi connectivity index (χ1v) is 8.48. The summed E-state index contributed by atoms with van der Waals surface area (Å²) in [6, 6.07) is -3.72. The zero-order chi connectivity index (χ0) is 21.0. The Bertz CT molecular complexity index is 515. The monoisotopic (exact) mass is 391 g/mol. The molecule has 4 unspecified atom stereocenters. The van der Waals surface area contributed by atoms with Crippen molar-refractivity contribution in [2.24, 2.45) is 11.5 Å². The van der Waals surface area contributed by atoms with Gasteiger partial charge in [0.1, 0.15) is 18.1 Å². The van der Waals surface area contributed by atoms with Gasteiger partial charge >= 0.3 is 5.97 Å². The van der Waals surface area contributed by atoms with Crippen LogP contribution in [0, 0.1) is 0 Å². The van der Waals surface area contributed by atoms with E-state index in [1.807, 2.05) is 5.32 Å². The first kappa shape index (κ1) is 24.7. The van der Waals surface area contributed by atoms with Gasteiger partial charge in [-0.2, -0.15) is 0 Å². The number of carboxylic acid groups (broad SMARTS) is 1. The molecule has 156 valence electrons.